The van der Waals surface area contributed by atoms with Gasteiger partial charge in [-0.25, -0.2) is 0 Å². The number of nitrogens with one attached hydrogen (secondary N) is 1. The second-order valence-corrected chi connectivity index (χ2v) is 4.91. The molecule has 0 aliphatic heterocycles. The number of benzene rings is 1. The normalized spacial score (nSPS) is 11.8. The molecule has 5 nitrogen and oxygen atoms in total. The van der Waals surface area contributed by atoms with Crippen molar-refractivity contribution >= 4 is 27.6 Å². The summed E-state index contributed by atoms with van der Waals surface area (Å²) in [5.41, 5.74) is 0.786. The number of esters is 1. The fourth-order valence-electron chi connectivity index (χ4n) is 1.53. The van der Waals surface area contributed by atoms with Crippen molar-refractivity contribution in [2.45, 2.75) is 18.9 Å². The molecule has 1 rings (SSSR count). The summed E-state index contributed by atoms with van der Waals surface area (Å²) in [6, 6.07) is 5.57. The van der Waals surface area contributed by atoms with Crippen LogP contribution in [0.3, 0.4) is 0 Å². The smallest absolute Gasteiger partial charge is 0.305 e. The molecule has 2 N–H and O–H groups in total. The number of halogens is 1. The molecular formula is C13H18BrNO4. The molecule has 0 spiro atoms. The molecule has 0 bridgehead atoms. The molecule has 0 aromatic heterocycles. The fourth-order valence-corrected chi connectivity index (χ4v) is 1.90. The number of carbonyl (C=O) groups excluding carboxylic acids is 1. The third kappa shape index (κ3) is 5.48. The Hall–Kier alpha value is -1.27. The molecule has 0 radical (unpaired) electrons. The SMILES string of the molecule is COC(=O)CCC(O)CNc1cc(Br)ccc1OC. The van der Waals surface area contributed by atoms with E-state index in [0.717, 1.165) is 10.2 Å². The van der Waals surface area contributed by atoms with E-state index < -0.39 is 6.10 Å². The zero-order chi connectivity index (χ0) is 14.3. The minimum absolute atomic E-state index is 0.203. The zero-order valence-electron chi connectivity index (χ0n) is 11.0. The summed E-state index contributed by atoms with van der Waals surface area (Å²) in [4.78, 5) is 11.0. The second kappa shape index (κ2) is 8.01. The molecule has 19 heavy (non-hydrogen) atoms. The van der Waals surface area contributed by atoms with Crippen molar-refractivity contribution < 1.29 is 19.4 Å². The van der Waals surface area contributed by atoms with Gasteiger partial charge in [-0.3, -0.25) is 4.79 Å². The monoisotopic (exact) mass is 331 g/mol. The molecule has 0 aliphatic carbocycles. The molecule has 0 fully saturated rings. The third-order valence-electron chi connectivity index (χ3n) is 2.60. The maximum absolute atomic E-state index is 11.0. The number of ether oxygens (including phenoxy) is 2. The number of aliphatic hydroxyl groups excluding tert-OH is 1. The molecule has 0 amide bonds. The van der Waals surface area contributed by atoms with Crippen LogP contribution in [-0.4, -0.2) is 37.9 Å². The Balaban J connectivity index is 2.47. The van der Waals surface area contributed by atoms with Crippen LogP contribution < -0.4 is 10.1 Å². The first kappa shape index (κ1) is 15.8. The maximum Gasteiger partial charge on any atom is 0.305 e. The minimum Gasteiger partial charge on any atom is -0.495 e. The van der Waals surface area contributed by atoms with Gasteiger partial charge in [0.15, 0.2) is 0 Å². The predicted octanol–water partition coefficient (Wildman–Crippen LogP) is 2.18. The van der Waals surface area contributed by atoms with Crippen LogP contribution in [0.2, 0.25) is 0 Å². The molecule has 0 heterocycles. The predicted molar refractivity (Wildman–Crippen MR) is 76.4 cm³/mol. The molecule has 1 unspecified atom stereocenters. The number of methoxy groups -OCH3 is 2. The van der Waals surface area contributed by atoms with E-state index in [1.807, 2.05) is 18.2 Å². The summed E-state index contributed by atoms with van der Waals surface area (Å²) in [6.45, 7) is 0.337. The van der Waals surface area contributed by atoms with Gasteiger partial charge in [0.25, 0.3) is 0 Å². The van der Waals surface area contributed by atoms with Crippen LogP contribution in [0.5, 0.6) is 5.75 Å². The van der Waals surface area contributed by atoms with Crippen molar-refractivity contribution in [3.05, 3.63) is 22.7 Å². The Morgan fingerprint density at radius 3 is 2.84 bits per heavy atom. The topological polar surface area (TPSA) is 67.8 Å². The summed E-state index contributed by atoms with van der Waals surface area (Å²) in [6.07, 6.45) is -0.0619. The van der Waals surface area contributed by atoms with Crippen LogP contribution in [0, 0.1) is 0 Å². The van der Waals surface area contributed by atoms with E-state index >= 15 is 0 Å². The molecule has 1 aromatic rings. The van der Waals surface area contributed by atoms with Crippen LogP contribution >= 0.6 is 15.9 Å². The van der Waals surface area contributed by atoms with Crippen LogP contribution in [0.1, 0.15) is 12.8 Å². The highest BCUT2D eigenvalue weighted by molar-refractivity contribution is 9.10. The average Bonchev–Trinajstić information content (AvgIpc) is 2.42. The van der Waals surface area contributed by atoms with Gasteiger partial charge in [-0.1, -0.05) is 15.9 Å². The van der Waals surface area contributed by atoms with E-state index in [1.165, 1.54) is 7.11 Å². The first-order valence-electron chi connectivity index (χ1n) is 5.89. The van der Waals surface area contributed by atoms with E-state index in [9.17, 15) is 9.90 Å². The van der Waals surface area contributed by atoms with Gasteiger partial charge in [0.05, 0.1) is 26.0 Å². The highest BCUT2D eigenvalue weighted by Crippen LogP contribution is 2.27. The van der Waals surface area contributed by atoms with E-state index in [1.54, 1.807) is 7.11 Å². The van der Waals surface area contributed by atoms with Gasteiger partial charge in [0, 0.05) is 17.4 Å². The van der Waals surface area contributed by atoms with Crippen LogP contribution in [0.4, 0.5) is 5.69 Å². The van der Waals surface area contributed by atoms with E-state index in [0.29, 0.717) is 18.7 Å². The van der Waals surface area contributed by atoms with Crippen molar-refractivity contribution in [3.63, 3.8) is 0 Å². The first-order valence-corrected chi connectivity index (χ1v) is 6.68. The summed E-state index contributed by atoms with van der Waals surface area (Å²) in [7, 11) is 2.92. The van der Waals surface area contributed by atoms with Crippen molar-refractivity contribution in [3.8, 4) is 5.75 Å². The lowest BCUT2D eigenvalue weighted by Crippen LogP contribution is -2.21. The summed E-state index contributed by atoms with van der Waals surface area (Å²) < 4.78 is 10.6. The van der Waals surface area contributed by atoms with Crippen molar-refractivity contribution in [2.24, 2.45) is 0 Å². The molecule has 0 aliphatic rings. The summed E-state index contributed by atoms with van der Waals surface area (Å²) in [5.74, 6) is 0.377. The lowest BCUT2D eigenvalue weighted by Gasteiger charge is -2.15. The second-order valence-electron chi connectivity index (χ2n) is 3.99. The van der Waals surface area contributed by atoms with E-state index in [-0.39, 0.29) is 12.4 Å². The van der Waals surface area contributed by atoms with Crippen LogP contribution in [0.15, 0.2) is 22.7 Å². The van der Waals surface area contributed by atoms with Gasteiger partial charge < -0.3 is 19.9 Å². The van der Waals surface area contributed by atoms with Gasteiger partial charge >= 0.3 is 5.97 Å². The lowest BCUT2D eigenvalue weighted by molar-refractivity contribution is -0.141. The molecule has 106 valence electrons. The Kier molecular flexibility index (Phi) is 6.66. The third-order valence-corrected chi connectivity index (χ3v) is 3.09. The molecule has 1 aromatic carbocycles. The number of carbonyl (C=O) groups is 1. The van der Waals surface area contributed by atoms with Crippen LogP contribution in [0.25, 0.3) is 0 Å². The molecule has 1 atom stereocenters. The van der Waals surface area contributed by atoms with Gasteiger partial charge in [-0.15, -0.1) is 0 Å². The Morgan fingerprint density at radius 2 is 2.21 bits per heavy atom. The van der Waals surface area contributed by atoms with Gasteiger partial charge in [-0.05, 0) is 24.6 Å². The number of hydrogen-bond donors (Lipinski definition) is 2. The molecule has 0 saturated carbocycles. The largest absolute Gasteiger partial charge is 0.495 e. The Labute approximate surface area is 121 Å². The number of anilines is 1. The van der Waals surface area contributed by atoms with E-state index in [4.69, 9.17) is 4.74 Å². The van der Waals surface area contributed by atoms with E-state index in [2.05, 4.69) is 26.0 Å². The number of hydrogen-bond acceptors (Lipinski definition) is 5. The standard InChI is InChI=1S/C13H18BrNO4/c1-18-12-5-3-9(14)7-11(12)15-8-10(16)4-6-13(17)19-2/h3,5,7,10,15-16H,4,6,8H2,1-2H3. The Bertz CT molecular complexity index is 425. The van der Waals surface area contributed by atoms with Crippen molar-refractivity contribution in [1.82, 2.24) is 0 Å². The minimum atomic E-state index is -0.622. The molecule has 0 saturated heterocycles. The highest BCUT2D eigenvalue weighted by Gasteiger charge is 2.10. The van der Waals surface area contributed by atoms with Gasteiger partial charge in [0.1, 0.15) is 5.75 Å². The quantitative estimate of drug-likeness (QED) is 0.749. The molecule has 6 heteroatoms. The summed E-state index contributed by atoms with van der Waals surface area (Å²) >= 11 is 3.37. The maximum atomic E-state index is 11.0. The fraction of sp³-hybridized carbons (Fsp3) is 0.462. The lowest BCUT2D eigenvalue weighted by atomic mass is 10.2. The number of rotatable bonds is 7. The van der Waals surface area contributed by atoms with Crippen molar-refractivity contribution in [2.75, 3.05) is 26.1 Å². The van der Waals surface area contributed by atoms with Gasteiger partial charge in [0.2, 0.25) is 0 Å². The number of aliphatic hydroxyl groups is 1. The average molecular weight is 332 g/mol. The van der Waals surface area contributed by atoms with Crippen molar-refractivity contribution in [1.29, 1.82) is 0 Å². The Morgan fingerprint density at radius 1 is 1.47 bits per heavy atom. The molecular weight excluding hydrogens is 314 g/mol. The van der Waals surface area contributed by atoms with Crippen LogP contribution in [-0.2, 0) is 9.53 Å². The summed E-state index contributed by atoms with van der Waals surface area (Å²) in [5, 5.41) is 12.9. The zero-order valence-corrected chi connectivity index (χ0v) is 12.6. The van der Waals surface area contributed by atoms with Gasteiger partial charge in [-0.2, -0.15) is 0 Å². The first-order chi connectivity index (χ1) is 9.06. The highest BCUT2D eigenvalue weighted by atomic mass is 79.9.